The van der Waals surface area contributed by atoms with E-state index in [-0.39, 0.29) is 0 Å². The highest BCUT2D eigenvalue weighted by atomic mass is 15.8. The van der Waals surface area contributed by atoms with Crippen LogP contribution in [0.3, 0.4) is 0 Å². The summed E-state index contributed by atoms with van der Waals surface area (Å²) in [5.74, 6) is 0. The van der Waals surface area contributed by atoms with Crippen molar-refractivity contribution in [2.75, 3.05) is 13.1 Å². The normalized spacial score (nSPS) is 24.0. The van der Waals surface area contributed by atoms with Gasteiger partial charge < -0.3 is 0 Å². The molecule has 0 spiro atoms. The number of nitrogens with one attached hydrogen (secondary N) is 5. The lowest BCUT2D eigenvalue weighted by Gasteiger charge is -2.10. The van der Waals surface area contributed by atoms with Crippen molar-refractivity contribution < 1.29 is 0 Å². The van der Waals surface area contributed by atoms with Crippen molar-refractivity contribution in [1.82, 2.24) is 27.5 Å². The van der Waals surface area contributed by atoms with Crippen molar-refractivity contribution in [2.45, 2.75) is 89.9 Å². The Bertz CT molecular complexity index is 109. The first-order valence-corrected chi connectivity index (χ1v) is 9.21. The molecule has 0 saturated carbocycles. The van der Waals surface area contributed by atoms with Gasteiger partial charge in [0.25, 0.3) is 0 Å². The standard InChI is InChI=1S/C16H37N5/c1-2-4-6-8-10-12-14-16-18-20-21-19-17-15-13-11-9-7-5-3-1/h17-21H,1-16H2. The van der Waals surface area contributed by atoms with E-state index >= 15 is 0 Å². The lowest BCUT2D eigenvalue weighted by atomic mass is 10.0. The second-order valence-corrected chi connectivity index (χ2v) is 6.18. The summed E-state index contributed by atoms with van der Waals surface area (Å²) in [6, 6.07) is 0. The number of rotatable bonds is 0. The zero-order valence-electron chi connectivity index (χ0n) is 13.8. The third kappa shape index (κ3) is 14.5. The minimum absolute atomic E-state index is 1.01. The van der Waals surface area contributed by atoms with Crippen molar-refractivity contribution >= 4 is 0 Å². The van der Waals surface area contributed by atoms with Crippen LogP contribution in [0.15, 0.2) is 0 Å². The van der Waals surface area contributed by atoms with E-state index in [0.29, 0.717) is 0 Å². The molecule has 1 heterocycles. The molecule has 21 heavy (non-hydrogen) atoms. The molecule has 5 N–H and O–H groups in total. The van der Waals surface area contributed by atoms with Gasteiger partial charge in [-0.1, -0.05) is 77.0 Å². The van der Waals surface area contributed by atoms with Crippen molar-refractivity contribution in [3.8, 4) is 0 Å². The summed E-state index contributed by atoms with van der Waals surface area (Å²) in [5, 5.41) is 0. The van der Waals surface area contributed by atoms with Crippen LogP contribution in [0.5, 0.6) is 0 Å². The van der Waals surface area contributed by atoms with Gasteiger partial charge in [0.15, 0.2) is 0 Å². The van der Waals surface area contributed by atoms with Crippen LogP contribution < -0.4 is 27.5 Å². The van der Waals surface area contributed by atoms with E-state index in [4.69, 9.17) is 0 Å². The van der Waals surface area contributed by atoms with E-state index in [2.05, 4.69) is 27.5 Å². The topological polar surface area (TPSA) is 60.1 Å². The fourth-order valence-electron chi connectivity index (χ4n) is 2.79. The Balaban J connectivity index is 2.00. The summed E-state index contributed by atoms with van der Waals surface area (Å²) in [7, 11) is 0. The molecule has 1 rings (SSSR count). The van der Waals surface area contributed by atoms with E-state index in [1.54, 1.807) is 0 Å². The summed E-state index contributed by atoms with van der Waals surface area (Å²) in [5.41, 5.74) is 15.1. The molecule has 0 aliphatic carbocycles. The van der Waals surface area contributed by atoms with Crippen LogP contribution in [0.4, 0.5) is 0 Å². The largest absolute Gasteiger partial charge is 0.243 e. The quantitative estimate of drug-likeness (QED) is 0.476. The third-order valence-corrected chi connectivity index (χ3v) is 4.16. The Hall–Kier alpha value is -0.200. The number of hydrogen-bond acceptors (Lipinski definition) is 5. The van der Waals surface area contributed by atoms with E-state index in [1.807, 2.05) is 0 Å². The highest BCUT2D eigenvalue weighted by Crippen LogP contribution is 2.12. The van der Waals surface area contributed by atoms with Gasteiger partial charge in [-0.15, -0.1) is 0 Å². The van der Waals surface area contributed by atoms with Crippen LogP contribution in [0.1, 0.15) is 89.9 Å². The molecule has 1 saturated heterocycles. The maximum absolute atomic E-state index is 3.15. The number of hydrogen-bond donors (Lipinski definition) is 5. The zero-order chi connectivity index (χ0) is 14.8. The van der Waals surface area contributed by atoms with E-state index in [9.17, 15) is 0 Å². The molecule has 0 atom stereocenters. The second kappa shape index (κ2) is 16.2. The van der Waals surface area contributed by atoms with Gasteiger partial charge in [-0.25, -0.2) is 10.9 Å². The predicted octanol–water partition coefficient (Wildman–Crippen LogP) is 3.07. The average molecular weight is 300 g/mol. The van der Waals surface area contributed by atoms with Crippen LogP contribution in [-0.4, -0.2) is 13.1 Å². The van der Waals surface area contributed by atoms with Gasteiger partial charge in [-0.05, 0) is 12.8 Å². The van der Waals surface area contributed by atoms with Gasteiger partial charge in [0, 0.05) is 13.1 Å². The highest BCUT2D eigenvalue weighted by molar-refractivity contribution is 4.51. The molecule has 5 nitrogen and oxygen atoms in total. The Kier molecular flexibility index (Phi) is 14.5. The van der Waals surface area contributed by atoms with Crippen LogP contribution in [0.25, 0.3) is 0 Å². The first kappa shape index (κ1) is 18.8. The molecular weight excluding hydrogens is 262 g/mol. The second-order valence-electron chi connectivity index (χ2n) is 6.18. The molecule has 0 amide bonds. The maximum atomic E-state index is 3.15. The van der Waals surface area contributed by atoms with Gasteiger partial charge >= 0.3 is 0 Å². The minimum atomic E-state index is 1.01. The summed E-state index contributed by atoms with van der Waals surface area (Å²) in [4.78, 5) is 0. The molecule has 1 aliphatic rings. The molecular formula is C16H37N5. The molecule has 0 bridgehead atoms. The fraction of sp³-hybridized carbons (Fsp3) is 1.00. The Morgan fingerprint density at radius 2 is 0.571 bits per heavy atom. The highest BCUT2D eigenvalue weighted by Gasteiger charge is 1.95. The van der Waals surface area contributed by atoms with Crippen LogP contribution in [-0.2, 0) is 0 Å². The zero-order valence-corrected chi connectivity index (χ0v) is 13.8. The summed E-state index contributed by atoms with van der Waals surface area (Å²) in [6.07, 6.45) is 19.4. The minimum Gasteiger partial charge on any atom is -0.243 e. The van der Waals surface area contributed by atoms with Crippen LogP contribution in [0, 0.1) is 0 Å². The summed E-state index contributed by atoms with van der Waals surface area (Å²) in [6.45, 7) is 2.02. The van der Waals surface area contributed by atoms with Gasteiger partial charge in [-0.3, -0.25) is 0 Å². The SMILES string of the molecule is C1CCCCCCCCNNNNNCCCCCCC1. The van der Waals surface area contributed by atoms with E-state index in [1.165, 1.54) is 89.9 Å². The first-order valence-electron chi connectivity index (χ1n) is 9.21. The molecule has 5 heteroatoms. The summed E-state index contributed by atoms with van der Waals surface area (Å²) >= 11 is 0. The Morgan fingerprint density at radius 1 is 0.286 bits per heavy atom. The molecule has 126 valence electrons. The van der Waals surface area contributed by atoms with Gasteiger partial charge in [0.2, 0.25) is 0 Å². The van der Waals surface area contributed by atoms with Crippen molar-refractivity contribution in [1.29, 1.82) is 0 Å². The fourth-order valence-corrected chi connectivity index (χ4v) is 2.79. The molecule has 0 radical (unpaired) electrons. The van der Waals surface area contributed by atoms with Crippen molar-refractivity contribution in [3.63, 3.8) is 0 Å². The lowest BCUT2D eigenvalue weighted by molar-refractivity contribution is 0.321. The maximum Gasteiger partial charge on any atom is 0.0113 e. The van der Waals surface area contributed by atoms with Crippen molar-refractivity contribution in [3.05, 3.63) is 0 Å². The molecule has 1 aliphatic heterocycles. The third-order valence-electron chi connectivity index (χ3n) is 4.16. The van der Waals surface area contributed by atoms with Gasteiger partial charge in [0.05, 0.1) is 0 Å². The molecule has 0 aromatic rings. The lowest BCUT2D eigenvalue weighted by Crippen LogP contribution is -2.55. The smallest absolute Gasteiger partial charge is 0.0113 e. The monoisotopic (exact) mass is 299 g/mol. The average Bonchev–Trinajstić information content (AvgIpc) is 2.50. The first-order chi connectivity index (χ1) is 10.5. The van der Waals surface area contributed by atoms with Crippen molar-refractivity contribution in [2.24, 2.45) is 0 Å². The Morgan fingerprint density at radius 3 is 0.905 bits per heavy atom. The van der Waals surface area contributed by atoms with Crippen LogP contribution in [0.2, 0.25) is 0 Å². The van der Waals surface area contributed by atoms with Gasteiger partial charge in [0.1, 0.15) is 0 Å². The Labute approximate surface area is 131 Å². The predicted molar refractivity (Wildman–Crippen MR) is 90.1 cm³/mol. The molecule has 0 aromatic carbocycles. The van der Waals surface area contributed by atoms with E-state index < -0.39 is 0 Å². The molecule has 0 unspecified atom stereocenters. The van der Waals surface area contributed by atoms with Gasteiger partial charge in [-0.2, -0.15) is 16.6 Å². The van der Waals surface area contributed by atoms with Crippen LogP contribution >= 0.6 is 0 Å². The number of hydrazine groups is 4. The molecule has 1 fully saturated rings. The van der Waals surface area contributed by atoms with E-state index in [0.717, 1.165) is 13.1 Å². The summed E-state index contributed by atoms with van der Waals surface area (Å²) < 4.78 is 0. The molecule has 0 aromatic heterocycles.